The Kier molecular flexibility index (Phi) is 3.96. The van der Waals surface area contributed by atoms with Gasteiger partial charge in [-0.25, -0.2) is 4.68 Å². The van der Waals surface area contributed by atoms with Gasteiger partial charge < -0.3 is 14.8 Å². The molecule has 0 saturated carbocycles. The normalized spacial score (nSPS) is 19.7. The van der Waals surface area contributed by atoms with Crippen LogP contribution in [0.5, 0.6) is 5.75 Å². The summed E-state index contributed by atoms with van der Waals surface area (Å²) in [6.07, 6.45) is 0. The summed E-state index contributed by atoms with van der Waals surface area (Å²) < 4.78 is 11.9. The molecule has 0 amide bonds. The van der Waals surface area contributed by atoms with Gasteiger partial charge in [-0.15, -0.1) is 0 Å². The maximum atomic E-state index is 12.2. The van der Waals surface area contributed by atoms with Crippen molar-refractivity contribution in [2.45, 2.75) is 13.0 Å². The first-order chi connectivity index (χ1) is 11.2. The van der Waals surface area contributed by atoms with Crippen molar-refractivity contribution in [2.24, 2.45) is 5.92 Å². The van der Waals surface area contributed by atoms with Crippen LogP contribution in [0, 0.1) is 5.92 Å². The lowest BCUT2D eigenvalue weighted by Gasteiger charge is -2.32. The number of nitrogens with zero attached hydrogens (tertiary/aromatic N) is 4. The molecule has 0 fully saturated rings. The largest absolute Gasteiger partial charge is 0.494 e. The number of carbonyl (C=O) groups excluding carboxylic acids is 1. The zero-order valence-electron chi connectivity index (χ0n) is 12.9. The lowest BCUT2D eigenvalue weighted by atomic mass is 9.89. The van der Waals surface area contributed by atoms with Gasteiger partial charge in [-0.2, -0.15) is 0 Å². The molecule has 0 unspecified atom stereocenters. The number of esters is 1. The number of tetrazole rings is 1. The summed E-state index contributed by atoms with van der Waals surface area (Å²) in [6.45, 7) is 6.43. The Balaban J connectivity index is 2.04. The molecule has 2 heterocycles. The van der Waals surface area contributed by atoms with E-state index in [-0.39, 0.29) is 0 Å². The summed E-state index contributed by atoms with van der Waals surface area (Å²) in [5.41, 5.74) is 1.36. The van der Waals surface area contributed by atoms with E-state index in [4.69, 9.17) is 9.47 Å². The van der Waals surface area contributed by atoms with Gasteiger partial charge >= 0.3 is 5.97 Å². The number of methoxy groups -OCH3 is 1. The van der Waals surface area contributed by atoms with Gasteiger partial charge in [0.15, 0.2) is 0 Å². The number of rotatable bonds is 4. The molecule has 120 valence electrons. The number of aromatic nitrogens is 4. The van der Waals surface area contributed by atoms with Crippen LogP contribution in [0.2, 0.25) is 0 Å². The predicted octanol–water partition coefficient (Wildman–Crippen LogP) is 1.39. The molecular formula is C15H17N5O3. The predicted molar refractivity (Wildman–Crippen MR) is 81.8 cm³/mol. The molecule has 0 bridgehead atoms. The van der Waals surface area contributed by atoms with Crippen molar-refractivity contribution in [3.8, 4) is 5.75 Å². The van der Waals surface area contributed by atoms with Gasteiger partial charge in [0.2, 0.25) is 5.95 Å². The minimum atomic E-state index is -0.631. The van der Waals surface area contributed by atoms with Crippen LogP contribution in [0.1, 0.15) is 18.5 Å². The number of nitrogens with one attached hydrogen (secondary N) is 1. The molecule has 0 spiro atoms. The van der Waals surface area contributed by atoms with E-state index in [0.29, 0.717) is 18.3 Å². The summed E-state index contributed by atoms with van der Waals surface area (Å²) >= 11 is 0. The molecule has 1 aromatic heterocycles. The zero-order valence-corrected chi connectivity index (χ0v) is 12.9. The average Bonchev–Trinajstić information content (AvgIpc) is 3.02. The van der Waals surface area contributed by atoms with Crippen molar-refractivity contribution in [1.29, 1.82) is 0 Å². The standard InChI is InChI=1S/C15H17N5O3/c1-4-23-11-7-5-10(6-8-11)13-12(14(21)22-3)9(2)16-15-17-18-19-20(13)15/h5-8,12-13H,2,4H2,1,3H3,(H,16,17,19)/t12-,13+/m1/s1. The zero-order chi connectivity index (χ0) is 16.4. The molecule has 0 aliphatic carbocycles. The molecule has 8 heteroatoms. The molecule has 8 nitrogen and oxygen atoms in total. The third kappa shape index (κ3) is 2.63. The number of benzene rings is 1. The third-order valence-corrected chi connectivity index (χ3v) is 3.71. The number of carbonyl (C=O) groups is 1. The van der Waals surface area contributed by atoms with E-state index in [9.17, 15) is 4.79 Å². The van der Waals surface area contributed by atoms with Gasteiger partial charge in [-0.3, -0.25) is 4.79 Å². The van der Waals surface area contributed by atoms with Crippen molar-refractivity contribution < 1.29 is 14.3 Å². The third-order valence-electron chi connectivity index (χ3n) is 3.71. The van der Waals surface area contributed by atoms with Crippen LogP contribution in [-0.2, 0) is 9.53 Å². The molecule has 23 heavy (non-hydrogen) atoms. The Labute approximate surface area is 133 Å². The van der Waals surface area contributed by atoms with Gasteiger partial charge in [0, 0.05) is 5.70 Å². The van der Waals surface area contributed by atoms with Gasteiger partial charge in [-0.05, 0) is 35.0 Å². The first kappa shape index (κ1) is 15.0. The second-order valence-electron chi connectivity index (χ2n) is 5.05. The van der Waals surface area contributed by atoms with E-state index in [1.165, 1.54) is 7.11 Å². The highest BCUT2D eigenvalue weighted by atomic mass is 16.5. The highest BCUT2D eigenvalue weighted by Gasteiger charge is 2.40. The van der Waals surface area contributed by atoms with E-state index in [2.05, 4.69) is 27.4 Å². The van der Waals surface area contributed by atoms with E-state index in [1.54, 1.807) is 4.68 Å². The van der Waals surface area contributed by atoms with Crippen molar-refractivity contribution in [1.82, 2.24) is 20.2 Å². The smallest absolute Gasteiger partial charge is 0.317 e. The molecular weight excluding hydrogens is 298 g/mol. The molecule has 0 radical (unpaired) electrons. The highest BCUT2D eigenvalue weighted by Crippen LogP contribution is 2.37. The fraction of sp³-hybridized carbons (Fsp3) is 0.333. The Hall–Kier alpha value is -2.90. The quantitative estimate of drug-likeness (QED) is 0.852. The number of anilines is 1. The topological polar surface area (TPSA) is 91.2 Å². The van der Waals surface area contributed by atoms with Crippen molar-refractivity contribution in [3.05, 3.63) is 42.1 Å². The Bertz CT molecular complexity index is 725. The van der Waals surface area contributed by atoms with Gasteiger partial charge in [0.25, 0.3) is 0 Å². The lowest BCUT2D eigenvalue weighted by molar-refractivity contribution is -0.145. The maximum Gasteiger partial charge on any atom is 0.317 e. The fourth-order valence-corrected chi connectivity index (χ4v) is 2.68. The van der Waals surface area contributed by atoms with E-state index >= 15 is 0 Å². The minimum Gasteiger partial charge on any atom is -0.494 e. The first-order valence-corrected chi connectivity index (χ1v) is 7.20. The maximum absolute atomic E-state index is 12.2. The first-order valence-electron chi connectivity index (χ1n) is 7.20. The molecule has 2 atom stereocenters. The number of fused-ring (bicyclic) bond motifs is 1. The van der Waals surface area contributed by atoms with Crippen LogP contribution < -0.4 is 10.1 Å². The number of ether oxygens (including phenoxy) is 2. The van der Waals surface area contributed by atoms with E-state index < -0.39 is 17.9 Å². The van der Waals surface area contributed by atoms with E-state index in [1.807, 2.05) is 31.2 Å². The summed E-state index contributed by atoms with van der Waals surface area (Å²) in [4.78, 5) is 12.2. The van der Waals surface area contributed by atoms with Gasteiger partial charge in [0.1, 0.15) is 17.7 Å². The number of hydrogen-bond acceptors (Lipinski definition) is 7. The summed E-state index contributed by atoms with van der Waals surface area (Å²) in [5, 5.41) is 14.5. The van der Waals surface area contributed by atoms with Gasteiger partial charge in [0.05, 0.1) is 13.7 Å². The van der Waals surface area contributed by atoms with Crippen LogP contribution in [0.4, 0.5) is 5.95 Å². The lowest BCUT2D eigenvalue weighted by Crippen LogP contribution is -2.37. The van der Waals surface area contributed by atoms with Crippen molar-refractivity contribution in [2.75, 3.05) is 19.0 Å². The molecule has 3 rings (SSSR count). The molecule has 1 aromatic carbocycles. The molecule has 1 aliphatic rings. The van der Waals surface area contributed by atoms with Crippen LogP contribution in [0.25, 0.3) is 0 Å². The van der Waals surface area contributed by atoms with E-state index in [0.717, 1.165) is 11.3 Å². The number of hydrogen-bond donors (Lipinski definition) is 1. The van der Waals surface area contributed by atoms with Crippen molar-refractivity contribution in [3.63, 3.8) is 0 Å². The summed E-state index contributed by atoms with van der Waals surface area (Å²) in [7, 11) is 1.35. The van der Waals surface area contributed by atoms with Crippen LogP contribution in [0.15, 0.2) is 36.5 Å². The Morgan fingerprint density at radius 1 is 1.39 bits per heavy atom. The molecule has 2 aromatic rings. The summed E-state index contributed by atoms with van der Waals surface area (Å²) in [6, 6.07) is 7.03. The molecule has 0 saturated heterocycles. The SMILES string of the molecule is C=C1Nc2nnnn2[C@@H](c2ccc(OCC)cc2)[C@@H]1C(=O)OC. The highest BCUT2D eigenvalue weighted by molar-refractivity contribution is 5.78. The Morgan fingerprint density at radius 2 is 2.13 bits per heavy atom. The molecule has 1 aliphatic heterocycles. The fourth-order valence-electron chi connectivity index (χ4n) is 2.68. The van der Waals surface area contributed by atoms with Crippen molar-refractivity contribution >= 4 is 11.9 Å². The molecule has 1 N–H and O–H groups in total. The minimum absolute atomic E-state index is 0.400. The van der Waals surface area contributed by atoms with Crippen LogP contribution >= 0.6 is 0 Å². The van der Waals surface area contributed by atoms with Gasteiger partial charge in [-0.1, -0.05) is 23.8 Å². The monoisotopic (exact) mass is 315 g/mol. The summed E-state index contributed by atoms with van der Waals surface area (Å²) in [5.74, 6) is 0.168. The second kappa shape index (κ2) is 6.07. The average molecular weight is 315 g/mol. The second-order valence-corrected chi connectivity index (χ2v) is 5.05. The van der Waals surface area contributed by atoms with Crippen LogP contribution in [-0.4, -0.2) is 39.9 Å². The Morgan fingerprint density at radius 3 is 2.78 bits per heavy atom. The van der Waals surface area contributed by atoms with Crippen LogP contribution in [0.3, 0.4) is 0 Å².